The van der Waals surface area contributed by atoms with Gasteiger partial charge in [0.1, 0.15) is 17.7 Å². The van der Waals surface area contributed by atoms with Gasteiger partial charge in [0.05, 0.1) is 0 Å². The SMILES string of the molecule is CC(C)(C)OC(=O)N[C@H]1CC[C@]2(C)C[C@@H]2[C@H]2CC[C@@H](C(=O)O)N2C1=O. The maximum atomic E-state index is 13.1. The van der Waals surface area contributed by atoms with E-state index in [1.54, 1.807) is 25.7 Å². The highest BCUT2D eigenvalue weighted by Crippen LogP contribution is 2.61. The molecule has 0 aromatic rings. The third-order valence-corrected chi connectivity index (χ3v) is 5.85. The van der Waals surface area contributed by atoms with E-state index in [9.17, 15) is 19.5 Å². The van der Waals surface area contributed by atoms with Gasteiger partial charge in [0.15, 0.2) is 0 Å². The number of hydrogen-bond donors (Lipinski definition) is 2. The van der Waals surface area contributed by atoms with Crippen molar-refractivity contribution in [2.45, 2.75) is 83.5 Å². The monoisotopic (exact) mass is 352 g/mol. The summed E-state index contributed by atoms with van der Waals surface area (Å²) in [5.74, 6) is -0.868. The molecule has 1 saturated carbocycles. The topological polar surface area (TPSA) is 95.9 Å². The summed E-state index contributed by atoms with van der Waals surface area (Å²) >= 11 is 0. The molecular formula is C18H28N2O5. The molecule has 3 aliphatic rings. The van der Waals surface area contributed by atoms with Crippen LogP contribution in [0.15, 0.2) is 0 Å². The molecule has 2 saturated heterocycles. The third kappa shape index (κ3) is 3.46. The first-order chi connectivity index (χ1) is 11.5. The van der Waals surface area contributed by atoms with Gasteiger partial charge in [-0.1, -0.05) is 6.92 Å². The summed E-state index contributed by atoms with van der Waals surface area (Å²) in [6.45, 7) is 7.49. The lowest BCUT2D eigenvalue weighted by molar-refractivity contribution is -0.151. The molecule has 7 nitrogen and oxygen atoms in total. The van der Waals surface area contributed by atoms with Crippen molar-refractivity contribution in [3.63, 3.8) is 0 Å². The molecule has 0 unspecified atom stereocenters. The van der Waals surface area contributed by atoms with Gasteiger partial charge in [-0.15, -0.1) is 0 Å². The predicted octanol–water partition coefficient (Wildman–Crippen LogP) is 2.14. The number of fused-ring (bicyclic) bond motifs is 3. The quantitative estimate of drug-likeness (QED) is 0.794. The second-order valence-corrected chi connectivity index (χ2v) is 8.95. The average molecular weight is 352 g/mol. The minimum Gasteiger partial charge on any atom is -0.480 e. The Morgan fingerprint density at radius 1 is 1.28 bits per heavy atom. The number of nitrogens with one attached hydrogen (secondary N) is 1. The highest BCUT2D eigenvalue weighted by atomic mass is 16.6. The minimum absolute atomic E-state index is 0.0261. The van der Waals surface area contributed by atoms with Crippen LogP contribution in [-0.4, -0.2) is 51.7 Å². The second kappa shape index (κ2) is 5.88. The first-order valence-corrected chi connectivity index (χ1v) is 9.06. The fourth-order valence-corrected chi connectivity index (χ4v) is 4.49. The number of carbonyl (C=O) groups is 3. The number of nitrogens with zero attached hydrogens (tertiary/aromatic N) is 1. The zero-order valence-corrected chi connectivity index (χ0v) is 15.4. The summed E-state index contributed by atoms with van der Waals surface area (Å²) in [6, 6.07) is -1.54. The maximum absolute atomic E-state index is 13.1. The summed E-state index contributed by atoms with van der Waals surface area (Å²) < 4.78 is 5.27. The molecule has 0 bridgehead atoms. The molecule has 1 aliphatic carbocycles. The number of carbonyl (C=O) groups excluding carboxylic acids is 2. The Morgan fingerprint density at radius 3 is 2.56 bits per heavy atom. The number of amides is 2. The van der Waals surface area contributed by atoms with E-state index in [0.29, 0.717) is 18.8 Å². The third-order valence-electron chi connectivity index (χ3n) is 5.85. The number of carboxylic acid groups (broad SMARTS) is 1. The van der Waals surface area contributed by atoms with Crippen molar-refractivity contribution in [3.05, 3.63) is 0 Å². The van der Waals surface area contributed by atoms with Gasteiger partial charge >= 0.3 is 12.1 Å². The molecule has 3 fully saturated rings. The van der Waals surface area contributed by atoms with Crippen LogP contribution in [0.5, 0.6) is 0 Å². The van der Waals surface area contributed by atoms with Crippen molar-refractivity contribution in [1.29, 1.82) is 0 Å². The largest absolute Gasteiger partial charge is 0.480 e. The number of hydrogen-bond acceptors (Lipinski definition) is 4. The van der Waals surface area contributed by atoms with E-state index in [0.717, 1.165) is 19.3 Å². The Hall–Kier alpha value is -1.79. The molecule has 2 amide bonds. The van der Waals surface area contributed by atoms with E-state index in [1.807, 2.05) is 0 Å². The van der Waals surface area contributed by atoms with Gasteiger partial charge < -0.3 is 20.1 Å². The van der Waals surface area contributed by atoms with Crippen LogP contribution in [0.2, 0.25) is 0 Å². The average Bonchev–Trinajstić information content (AvgIpc) is 2.93. The van der Waals surface area contributed by atoms with Crippen LogP contribution in [0.3, 0.4) is 0 Å². The normalized spacial score (nSPS) is 37.4. The highest BCUT2D eigenvalue weighted by Gasteiger charge is 2.60. The molecule has 0 spiro atoms. The van der Waals surface area contributed by atoms with E-state index < -0.39 is 29.7 Å². The number of ether oxygens (including phenoxy) is 1. The molecule has 0 aromatic heterocycles. The molecule has 3 rings (SSSR count). The van der Waals surface area contributed by atoms with Crippen LogP contribution in [-0.2, 0) is 14.3 Å². The molecular weight excluding hydrogens is 324 g/mol. The molecule has 0 radical (unpaired) electrons. The molecule has 5 atom stereocenters. The summed E-state index contributed by atoms with van der Waals surface area (Å²) in [6.07, 6.45) is 2.96. The smallest absolute Gasteiger partial charge is 0.408 e. The Kier molecular flexibility index (Phi) is 4.24. The van der Waals surface area contributed by atoms with Crippen molar-refractivity contribution in [3.8, 4) is 0 Å². The summed E-state index contributed by atoms with van der Waals surface area (Å²) in [5.41, 5.74) is -0.507. The van der Waals surface area contributed by atoms with E-state index in [2.05, 4.69) is 12.2 Å². The van der Waals surface area contributed by atoms with Crippen LogP contribution < -0.4 is 5.32 Å². The van der Waals surface area contributed by atoms with Crippen molar-refractivity contribution >= 4 is 18.0 Å². The Bertz CT molecular complexity index is 599. The van der Waals surface area contributed by atoms with Crippen LogP contribution >= 0.6 is 0 Å². The molecule has 2 heterocycles. The maximum Gasteiger partial charge on any atom is 0.408 e. The molecule has 0 aromatic carbocycles. The van der Waals surface area contributed by atoms with Gasteiger partial charge in [0.2, 0.25) is 5.91 Å². The van der Waals surface area contributed by atoms with Gasteiger partial charge in [-0.3, -0.25) is 4.79 Å². The van der Waals surface area contributed by atoms with Gasteiger partial charge in [-0.2, -0.15) is 0 Å². The Morgan fingerprint density at radius 2 is 1.96 bits per heavy atom. The van der Waals surface area contributed by atoms with Gasteiger partial charge in [0.25, 0.3) is 0 Å². The molecule has 7 heteroatoms. The predicted molar refractivity (Wildman–Crippen MR) is 89.9 cm³/mol. The lowest BCUT2D eigenvalue weighted by Crippen LogP contribution is -2.56. The Labute approximate surface area is 148 Å². The Balaban J connectivity index is 1.80. The van der Waals surface area contributed by atoms with Crippen molar-refractivity contribution < 1.29 is 24.2 Å². The fraction of sp³-hybridized carbons (Fsp3) is 0.833. The first kappa shape index (κ1) is 18.0. The molecule has 140 valence electrons. The number of rotatable bonds is 2. The van der Waals surface area contributed by atoms with Crippen molar-refractivity contribution in [1.82, 2.24) is 10.2 Å². The first-order valence-electron chi connectivity index (χ1n) is 9.06. The standard InChI is InChI=1S/C18H28N2O5/c1-17(2,3)25-16(24)19-11-7-8-18(4)9-10(18)12-5-6-13(15(22)23)20(12)14(11)21/h10-13H,5-9H2,1-4H3,(H,19,24)(H,22,23)/t10-,11+,12-,13+,18-/m1/s1. The lowest BCUT2D eigenvalue weighted by atomic mass is 9.90. The molecule has 2 aliphatic heterocycles. The van der Waals surface area contributed by atoms with Gasteiger partial charge in [0, 0.05) is 6.04 Å². The number of aliphatic carboxylic acids is 1. The van der Waals surface area contributed by atoms with Crippen molar-refractivity contribution in [2.24, 2.45) is 11.3 Å². The van der Waals surface area contributed by atoms with Crippen molar-refractivity contribution in [2.75, 3.05) is 0 Å². The summed E-state index contributed by atoms with van der Waals surface area (Å²) in [5, 5.41) is 12.2. The van der Waals surface area contributed by atoms with Crippen LogP contribution in [0.4, 0.5) is 4.79 Å². The molecule has 2 N–H and O–H groups in total. The highest BCUT2D eigenvalue weighted by molar-refractivity contribution is 5.90. The van der Waals surface area contributed by atoms with Crippen LogP contribution in [0, 0.1) is 11.3 Å². The zero-order valence-electron chi connectivity index (χ0n) is 15.4. The second-order valence-electron chi connectivity index (χ2n) is 8.95. The fourth-order valence-electron chi connectivity index (χ4n) is 4.49. The van der Waals surface area contributed by atoms with E-state index in [4.69, 9.17) is 4.74 Å². The van der Waals surface area contributed by atoms with E-state index in [-0.39, 0.29) is 17.4 Å². The lowest BCUT2D eigenvalue weighted by Gasteiger charge is -2.36. The number of alkyl carbamates (subject to hydrolysis) is 1. The van der Waals surface area contributed by atoms with Crippen LogP contribution in [0.1, 0.15) is 59.8 Å². The van der Waals surface area contributed by atoms with E-state index >= 15 is 0 Å². The minimum atomic E-state index is -0.963. The summed E-state index contributed by atoms with van der Waals surface area (Å²) in [7, 11) is 0. The molecule has 25 heavy (non-hydrogen) atoms. The number of carboxylic acids is 1. The van der Waals surface area contributed by atoms with E-state index in [1.165, 1.54) is 0 Å². The summed E-state index contributed by atoms with van der Waals surface area (Å²) in [4.78, 5) is 38.3. The van der Waals surface area contributed by atoms with Crippen LogP contribution in [0.25, 0.3) is 0 Å². The van der Waals surface area contributed by atoms with Gasteiger partial charge in [-0.25, -0.2) is 9.59 Å². The van der Waals surface area contributed by atoms with Gasteiger partial charge in [-0.05, 0) is 64.2 Å². The zero-order chi connectivity index (χ0) is 18.6.